The standard InChI is InChI=1S/C17H11F6N3O/c18-16(19,20)10-9-15(27)24-11-5-7-12(8-6-11)25-26-14-4-2-1-3-13(14)17(21,22)23/h1-10H,(H,24,27). The average molecular weight is 387 g/mol. The Bertz CT molecular complexity index is 854. The van der Waals surface area contributed by atoms with Gasteiger partial charge in [0, 0.05) is 17.8 Å². The zero-order valence-corrected chi connectivity index (χ0v) is 13.3. The van der Waals surface area contributed by atoms with Crippen molar-refractivity contribution in [3.8, 4) is 0 Å². The maximum Gasteiger partial charge on any atom is 0.418 e. The average Bonchev–Trinajstić information content (AvgIpc) is 2.58. The number of rotatable bonds is 4. The largest absolute Gasteiger partial charge is 0.418 e. The lowest BCUT2D eigenvalue weighted by Gasteiger charge is -2.08. The van der Waals surface area contributed by atoms with Crippen molar-refractivity contribution in [3.05, 3.63) is 66.2 Å². The van der Waals surface area contributed by atoms with E-state index < -0.39 is 23.8 Å². The molecular formula is C17H11F6N3O. The summed E-state index contributed by atoms with van der Waals surface area (Å²) in [6.45, 7) is 0. The summed E-state index contributed by atoms with van der Waals surface area (Å²) < 4.78 is 74.5. The zero-order valence-electron chi connectivity index (χ0n) is 13.3. The molecule has 1 amide bonds. The molecule has 0 saturated heterocycles. The molecule has 142 valence electrons. The number of amides is 1. The van der Waals surface area contributed by atoms with Gasteiger partial charge in [-0.05, 0) is 36.4 Å². The highest BCUT2D eigenvalue weighted by Crippen LogP contribution is 2.36. The molecule has 0 fully saturated rings. The molecule has 0 spiro atoms. The van der Waals surface area contributed by atoms with E-state index in [4.69, 9.17) is 0 Å². The lowest BCUT2D eigenvalue weighted by molar-refractivity contribution is -0.137. The van der Waals surface area contributed by atoms with Crippen molar-refractivity contribution in [3.63, 3.8) is 0 Å². The normalized spacial score (nSPS) is 12.7. The number of hydrogen-bond donors (Lipinski definition) is 1. The highest BCUT2D eigenvalue weighted by Gasteiger charge is 2.33. The van der Waals surface area contributed by atoms with Crippen LogP contribution in [0.25, 0.3) is 0 Å². The van der Waals surface area contributed by atoms with E-state index in [1.807, 2.05) is 0 Å². The summed E-state index contributed by atoms with van der Waals surface area (Å²) in [6, 6.07) is 9.97. The predicted octanol–water partition coefficient (Wildman–Crippen LogP) is 6.18. The van der Waals surface area contributed by atoms with E-state index in [2.05, 4.69) is 15.5 Å². The van der Waals surface area contributed by atoms with Gasteiger partial charge in [-0.15, -0.1) is 5.11 Å². The van der Waals surface area contributed by atoms with Crippen molar-refractivity contribution in [1.82, 2.24) is 0 Å². The SMILES string of the molecule is O=C(C=CC(F)(F)F)Nc1ccc(N=Nc2ccccc2C(F)(F)F)cc1. The molecule has 0 atom stereocenters. The molecule has 2 rings (SSSR count). The first-order valence-corrected chi connectivity index (χ1v) is 7.29. The van der Waals surface area contributed by atoms with E-state index in [-0.39, 0.29) is 23.1 Å². The number of allylic oxidation sites excluding steroid dienone is 1. The predicted molar refractivity (Wildman–Crippen MR) is 85.9 cm³/mol. The smallest absolute Gasteiger partial charge is 0.323 e. The fourth-order valence-corrected chi connectivity index (χ4v) is 1.88. The topological polar surface area (TPSA) is 53.8 Å². The third-order valence-corrected chi connectivity index (χ3v) is 3.04. The lowest BCUT2D eigenvalue weighted by atomic mass is 10.2. The number of nitrogens with one attached hydrogen (secondary N) is 1. The number of nitrogens with zero attached hydrogens (tertiary/aromatic N) is 2. The molecule has 0 aliphatic heterocycles. The Morgan fingerprint density at radius 3 is 2.11 bits per heavy atom. The number of anilines is 1. The summed E-state index contributed by atoms with van der Waals surface area (Å²) in [5, 5.41) is 9.46. The minimum atomic E-state index is -4.60. The van der Waals surface area contributed by atoms with Crippen LogP contribution in [0, 0.1) is 0 Å². The summed E-state index contributed by atoms with van der Waals surface area (Å²) in [7, 11) is 0. The summed E-state index contributed by atoms with van der Waals surface area (Å²) in [5.74, 6) is -0.985. The first-order chi connectivity index (χ1) is 12.5. The molecule has 0 aliphatic rings. The minimum Gasteiger partial charge on any atom is -0.323 e. The third kappa shape index (κ3) is 6.57. The maximum atomic E-state index is 12.9. The molecule has 0 heterocycles. The van der Waals surface area contributed by atoms with Crippen LogP contribution < -0.4 is 5.32 Å². The highest BCUT2D eigenvalue weighted by molar-refractivity contribution is 5.99. The lowest BCUT2D eigenvalue weighted by Crippen LogP contribution is -2.10. The van der Waals surface area contributed by atoms with Crippen LogP contribution in [-0.4, -0.2) is 12.1 Å². The third-order valence-electron chi connectivity index (χ3n) is 3.04. The number of halogens is 6. The van der Waals surface area contributed by atoms with Crippen molar-refractivity contribution >= 4 is 23.0 Å². The summed E-state index contributed by atoms with van der Waals surface area (Å²) in [5.41, 5.74) is -0.925. The van der Waals surface area contributed by atoms with Gasteiger partial charge in [0.25, 0.3) is 0 Å². The van der Waals surface area contributed by atoms with Crippen LogP contribution >= 0.6 is 0 Å². The number of carbonyl (C=O) groups excluding carboxylic acids is 1. The molecule has 0 radical (unpaired) electrons. The van der Waals surface area contributed by atoms with Gasteiger partial charge in [0.05, 0.1) is 16.9 Å². The van der Waals surface area contributed by atoms with Crippen LogP contribution in [0.4, 0.5) is 43.4 Å². The Balaban J connectivity index is 2.08. The molecule has 2 aromatic rings. The minimum absolute atomic E-state index is 0.182. The Morgan fingerprint density at radius 1 is 0.889 bits per heavy atom. The first kappa shape index (κ1) is 20.1. The van der Waals surface area contributed by atoms with Gasteiger partial charge in [-0.1, -0.05) is 12.1 Å². The van der Waals surface area contributed by atoms with E-state index in [0.717, 1.165) is 12.1 Å². The second-order valence-corrected chi connectivity index (χ2v) is 5.13. The van der Waals surface area contributed by atoms with Gasteiger partial charge in [0.1, 0.15) is 0 Å². The molecule has 0 aliphatic carbocycles. The van der Waals surface area contributed by atoms with Gasteiger partial charge < -0.3 is 5.32 Å². The highest BCUT2D eigenvalue weighted by atomic mass is 19.4. The summed E-state index contributed by atoms with van der Waals surface area (Å²) in [6.07, 6.45) is -9.05. The number of benzene rings is 2. The van der Waals surface area contributed by atoms with E-state index >= 15 is 0 Å². The fraction of sp³-hybridized carbons (Fsp3) is 0.118. The molecular weight excluding hydrogens is 376 g/mol. The summed E-state index contributed by atoms with van der Waals surface area (Å²) >= 11 is 0. The quantitative estimate of drug-likeness (QED) is 0.380. The molecule has 4 nitrogen and oxygen atoms in total. The van der Waals surface area contributed by atoms with E-state index in [1.54, 1.807) is 0 Å². The number of azo groups is 1. The molecule has 2 aromatic carbocycles. The van der Waals surface area contributed by atoms with E-state index in [9.17, 15) is 31.1 Å². The van der Waals surface area contributed by atoms with Crippen LogP contribution in [0.1, 0.15) is 5.56 Å². The Morgan fingerprint density at radius 2 is 1.52 bits per heavy atom. The number of hydrogen-bond acceptors (Lipinski definition) is 3. The summed E-state index contributed by atoms with van der Waals surface area (Å²) in [4.78, 5) is 11.3. The molecule has 0 aromatic heterocycles. The van der Waals surface area contributed by atoms with Gasteiger partial charge in [0.15, 0.2) is 0 Å². The van der Waals surface area contributed by atoms with Crippen molar-refractivity contribution in [2.45, 2.75) is 12.4 Å². The Kier molecular flexibility index (Phi) is 5.98. The van der Waals surface area contributed by atoms with Crippen LogP contribution in [0.2, 0.25) is 0 Å². The van der Waals surface area contributed by atoms with E-state index in [0.29, 0.717) is 6.08 Å². The van der Waals surface area contributed by atoms with Crippen molar-refractivity contribution < 1.29 is 31.1 Å². The second-order valence-electron chi connectivity index (χ2n) is 5.13. The van der Waals surface area contributed by atoms with Crippen LogP contribution in [-0.2, 0) is 11.0 Å². The Labute approximate surface area is 149 Å². The monoisotopic (exact) mass is 387 g/mol. The van der Waals surface area contributed by atoms with Gasteiger partial charge in [0.2, 0.25) is 5.91 Å². The van der Waals surface area contributed by atoms with Crippen molar-refractivity contribution in [2.75, 3.05) is 5.32 Å². The van der Waals surface area contributed by atoms with Gasteiger partial charge in [-0.3, -0.25) is 4.79 Å². The maximum absolute atomic E-state index is 12.9. The van der Waals surface area contributed by atoms with E-state index in [1.165, 1.54) is 36.4 Å². The molecule has 10 heteroatoms. The molecule has 0 saturated carbocycles. The van der Waals surface area contributed by atoms with Crippen LogP contribution in [0.15, 0.2) is 70.9 Å². The molecule has 27 heavy (non-hydrogen) atoms. The molecule has 1 N–H and O–H groups in total. The zero-order chi connectivity index (χ0) is 20.1. The second kappa shape index (κ2) is 8.02. The van der Waals surface area contributed by atoms with Crippen LogP contribution in [0.5, 0.6) is 0 Å². The van der Waals surface area contributed by atoms with Gasteiger partial charge in [-0.2, -0.15) is 31.5 Å². The molecule has 0 unspecified atom stereocenters. The van der Waals surface area contributed by atoms with Crippen molar-refractivity contribution in [1.29, 1.82) is 0 Å². The van der Waals surface area contributed by atoms with Crippen molar-refractivity contribution in [2.24, 2.45) is 10.2 Å². The molecule has 0 bridgehead atoms. The van der Waals surface area contributed by atoms with Crippen LogP contribution in [0.3, 0.4) is 0 Å². The number of carbonyl (C=O) groups is 1. The van der Waals surface area contributed by atoms with Gasteiger partial charge >= 0.3 is 12.4 Å². The fourth-order valence-electron chi connectivity index (χ4n) is 1.88. The number of alkyl halides is 6. The Hall–Kier alpha value is -3.17. The van der Waals surface area contributed by atoms with Gasteiger partial charge in [-0.25, -0.2) is 0 Å². The first-order valence-electron chi connectivity index (χ1n) is 7.29.